The maximum atomic E-state index is 10.8. The molecule has 6 heteroatoms. The van der Waals surface area contributed by atoms with Gasteiger partial charge in [-0.2, -0.15) is 0 Å². The second kappa shape index (κ2) is 9.17. The second-order valence-corrected chi connectivity index (χ2v) is 4.55. The summed E-state index contributed by atoms with van der Waals surface area (Å²) in [4.78, 5) is 10.8. The molecule has 2 aromatic carbocycles. The molecule has 0 aliphatic heterocycles. The van der Waals surface area contributed by atoms with E-state index in [0.29, 0.717) is 12.2 Å². The molecular weight excluding hydrogens is 309 g/mol. The molecule has 0 unspecified atom stereocenters. The fourth-order valence-corrected chi connectivity index (χ4v) is 1.99. The van der Waals surface area contributed by atoms with Crippen molar-refractivity contribution in [1.82, 2.24) is 0 Å². The number of carboxylic acids is 1. The first kappa shape index (κ1) is 19.0. The Morgan fingerprint density at radius 2 is 2.05 bits per heavy atom. The number of phenols is 1. The normalized spacial score (nSPS) is 9.68. The Hall–Kier alpha value is -1.05. The number of rotatable bonds is 6. The van der Waals surface area contributed by atoms with E-state index in [-0.39, 0.29) is 62.7 Å². The number of carbonyl (C=O) groups excluding carboxylic acids is 1. The number of hydrogen-bond acceptors (Lipinski definition) is 5. The average molecular weight is 325 g/mol. The van der Waals surface area contributed by atoms with Gasteiger partial charge in [-0.25, -0.2) is 0 Å². The van der Waals surface area contributed by atoms with Crippen molar-refractivity contribution in [3.8, 4) is 11.5 Å². The van der Waals surface area contributed by atoms with Crippen LogP contribution in [0.15, 0.2) is 42.5 Å². The number of anilines is 1. The number of benzene rings is 2. The maximum Gasteiger partial charge on any atom is 1.00 e. The predicted molar refractivity (Wildman–Crippen MR) is 77.6 cm³/mol. The molecule has 0 fully saturated rings. The van der Waals surface area contributed by atoms with Gasteiger partial charge in [-0.15, -0.1) is 0 Å². The SMILES string of the molecule is COc1cccc(CCNc2ccc(O)c(C(=O)[O-])c2)c1.[K+]. The molecule has 110 valence electrons. The molecule has 0 atom stereocenters. The van der Waals surface area contributed by atoms with Crippen molar-refractivity contribution < 1.29 is 71.1 Å². The Morgan fingerprint density at radius 1 is 1.27 bits per heavy atom. The molecule has 0 saturated carbocycles. The van der Waals surface area contributed by atoms with Crippen LogP contribution in [0.2, 0.25) is 0 Å². The van der Waals surface area contributed by atoms with Crippen molar-refractivity contribution in [2.24, 2.45) is 0 Å². The Labute approximate surface area is 171 Å². The minimum atomic E-state index is -1.40. The summed E-state index contributed by atoms with van der Waals surface area (Å²) >= 11 is 0. The summed E-state index contributed by atoms with van der Waals surface area (Å²) in [7, 11) is 1.62. The van der Waals surface area contributed by atoms with Crippen LogP contribution in [0.4, 0.5) is 5.69 Å². The summed E-state index contributed by atoms with van der Waals surface area (Å²) in [5.74, 6) is -0.895. The first-order valence-corrected chi connectivity index (χ1v) is 6.51. The summed E-state index contributed by atoms with van der Waals surface area (Å²) in [6.07, 6.45) is 0.763. The van der Waals surface area contributed by atoms with Crippen LogP contribution in [0.1, 0.15) is 15.9 Å². The van der Waals surface area contributed by atoms with E-state index in [1.165, 1.54) is 12.1 Å². The van der Waals surface area contributed by atoms with E-state index >= 15 is 0 Å². The Bertz CT molecular complexity index is 646. The van der Waals surface area contributed by atoms with Crippen LogP contribution in [0, 0.1) is 0 Å². The van der Waals surface area contributed by atoms with Crippen molar-refractivity contribution in [2.45, 2.75) is 6.42 Å². The fourth-order valence-electron chi connectivity index (χ4n) is 1.99. The zero-order valence-electron chi connectivity index (χ0n) is 12.6. The molecular formula is C16H16KNO4. The summed E-state index contributed by atoms with van der Waals surface area (Å²) in [6.45, 7) is 0.629. The van der Waals surface area contributed by atoms with Gasteiger partial charge in [-0.1, -0.05) is 12.1 Å². The van der Waals surface area contributed by atoms with Gasteiger partial charge < -0.3 is 25.1 Å². The minimum Gasteiger partial charge on any atom is -0.545 e. The molecule has 2 rings (SSSR count). The number of carboxylic acid groups (broad SMARTS) is 1. The van der Waals surface area contributed by atoms with Gasteiger partial charge in [0.25, 0.3) is 0 Å². The van der Waals surface area contributed by atoms with Crippen LogP contribution in [-0.2, 0) is 6.42 Å². The topological polar surface area (TPSA) is 81.6 Å². The first-order chi connectivity index (χ1) is 10.1. The molecule has 0 heterocycles. The average Bonchev–Trinajstić information content (AvgIpc) is 2.49. The minimum absolute atomic E-state index is 0. The standard InChI is InChI=1S/C16H17NO4.K/c1-21-13-4-2-3-11(9-13)7-8-17-12-5-6-15(18)14(10-12)16(19)20;/h2-6,9-10,17-18H,7-8H2,1H3,(H,19,20);/q;+1/p-1. The zero-order chi connectivity index (χ0) is 15.2. The van der Waals surface area contributed by atoms with Crippen LogP contribution in [0.5, 0.6) is 11.5 Å². The zero-order valence-corrected chi connectivity index (χ0v) is 15.8. The molecule has 0 spiro atoms. The van der Waals surface area contributed by atoms with E-state index in [1.807, 2.05) is 24.3 Å². The summed E-state index contributed by atoms with van der Waals surface area (Å²) in [5.41, 5.74) is 1.51. The molecule has 0 radical (unpaired) electrons. The van der Waals surface area contributed by atoms with Crippen molar-refractivity contribution in [3.05, 3.63) is 53.6 Å². The largest absolute Gasteiger partial charge is 1.00 e. The van der Waals surface area contributed by atoms with Gasteiger partial charge in [0.05, 0.1) is 13.1 Å². The third-order valence-corrected chi connectivity index (χ3v) is 3.09. The van der Waals surface area contributed by atoms with Gasteiger partial charge in [0.15, 0.2) is 0 Å². The van der Waals surface area contributed by atoms with Gasteiger partial charge in [0.1, 0.15) is 11.5 Å². The maximum absolute atomic E-state index is 10.8. The molecule has 22 heavy (non-hydrogen) atoms. The number of hydrogen-bond donors (Lipinski definition) is 2. The number of carbonyl (C=O) groups is 1. The number of nitrogens with one attached hydrogen (secondary N) is 1. The second-order valence-electron chi connectivity index (χ2n) is 4.55. The smallest absolute Gasteiger partial charge is 0.545 e. The van der Waals surface area contributed by atoms with E-state index in [0.717, 1.165) is 17.7 Å². The summed E-state index contributed by atoms with van der Waals surface area (Å²) in [6, 6.07) is 12.0. The molecule has 5 nitrogen and oxygen atoms in total. The monoisotopic (exact) mass is 325 g/mol. The quantitative estimate of drug-likeness (QED) is 0.495. The summed E-state index contributed by atoms with van der Waals surface area (Å²) in [5, 5.41) is 23.3. The molecule has 0 aliphatic carbocycles. The van der Waals surface area contributed by atoms with Crippen LogP contribution in [0.25, 0.3) is 0 Å². The van der Waals surface area contributed by atoms with Gasteiger partial charge in [-0.3, -0.25) is 0 Å². The third-order valence-electron chi connectivity index (χ3n) is 3.09. The predicted octanol–water partition coefficient (Wildman–Crippen LogP) is -1.58. The van der Waals surface area contributed by atoms with E-state index in [4.69, 9.17) is 4.74 Å². The number of aromatic carboxylic acids is 1. The van der Waals surface area contributed by atoms with Crippen molar-refractivity contribution in [1.29, 1.82) is 0 Å². The molecule has 0 aromatic heterocycles. The van der Waals surface area contributed by atoms with E-state index < -0.39 is 5.97 Å². The molecule has 0 bridgehead atoms. The van der Waals surface area contributed by atoms with Gasteiger partial charge >= 0.3 is 51.4 Å². The van der Waals surface area contributed by atoms with Crippen LogP contribution < -0.4 is 66.5 Å². The van der Waals surface area contributed by atoms with Crippen molar-refractivity contribution >= 4 is 11.7 Å². The Balaban J connectivity index is 0.00000242. The van der Waals surface area contributed by atoms with Gasteiger partial charge in [-0.05, 0) is 42.3 Å². The summed E-state index contributed by atoms with van der Waals surface area (Å²) < 4.78 is 5.15. The van der Waals surface area contributed by atoms with Gasteiger partial charge in [0, 0.05) is 17.8 Å². The first-order valence-electron chi connectivity index (χ1n) is 6.51. The van der Waals surface area contributed by atoms with Crippen LogP contribution in [-0.4, -0.2) is 24.7 Å². The van der Waals surface area contributed by atoms with Crippen molar-refractivity contribution in [3.63, 3.8) is 0 Å². The van der Waals surface area contributed by atoms with E-state index in [9.17, 15) is 15.0 Å². The van der Waals surface area contributed by atoms with Crippen LogP contribution >= 0.6 is 0 Å². The third kappa shape index (κ3) is 5.30. The number of aromatic hydroxyl groups is 1. The molecule has 0 saturated heterocycles. The van der Waals surface area contributed by atoms with Crippen molar-refractivity contribution in [2.75, 3.05) is 19.0 Å². The van der Waals surface area contributed by atoms with E-state index in [1.54, 1.807) is 13.2 Å². The Morgan fingerprint density at radius 3 is 2.73 bits per heavy atom. The Kier molecular flexibility index (Phi) is 7.92. The molecule has 0 aliphatic rings. The van der Waals surface area contributed by atoms with E-state index in [2.05, 4.69) is 5.32 Å². The fraction of sp³-hybridized carbons (Fsp3) is 0.188. The molecule has 2 N–H and O–H groups in total. The number of ether oxygens (including phenoxy) is 1. The molecule has 2 aromatic rings. The number of methoxy groups -OCH3 is 1. The van der Waals surface area contributed by atoms with Gasteiger partial charge in [0.2, 0.25) is 0 Å². The molecule has 0 amide bonds. The van der Waals surface area contributed by atoms with Crippen LogP contribution in [0.3, 0.4) is 0 Å².